The fraction of sp³-hybridized carbons (Fsp3) is 0.423. The molecule has 14 rings (SSSR count). The molecule has 5 saturated heterocycles. The fourth-order valence-corrected chi connectivity index (χ4v) is 17.9. The Hall–Kier alpha value is -13.8. The molecule has 786 valence electrons. The van der Waals surface area contributed by atoms with Gasteiger partial charge in [0.05, 0.1) is 39.1 Å². The Kier molecular flexibility index (Phi) is 42.9. The number of nitrogens with zero attached hydrogens (tertiary/aromatic N) is 4. The number of hydrogen-bond donors (Lipinski definition) is 10. The van der Waals surface area contributed by atoms with E-state index >= 15 is 0 Å². The Labute approximate surface area is 851 Å². The summed E-state index contributed by atoms with van der Waals surface area (Å²) >= 11 is 5.76. The Bertz CT molecular complexity index is 6790. The number of terminal acetylenes is 2. The van der Waals surface area contributed by atoms with Crippen LogP contribution in [0, 0.1) is 60.2 Å². The van der Waals surface area contributed by atoms with E-state index in [9.17, 15) is 87.6 Å². The van der Waals surface area contributed by atoms with Crippen LogP contribution in [0.2, 0.25) is 0 Å². The summed E-state index contributed by atoms with van der Waals surface area (Å²) in [5.41, 5.74) is -7.48. The highest BCUT2D eigenvalue weighted by molar-refractivity contribution is 7.84. The average molecular weight is 2080 g/mol. The molecule has 147 heavy (non-hydrogen) atoms. The molecule has 5 fully saturated rings. The second kappa shape index (κ2) is 54.1. The Morgan fingerprint density at radius 3 is 1.06 bits per heavy atom. The molecule has 0 radical (unpaired) electrons. The number of aliphatic hydroxyl groups is 5. The molecule has 7 unspecified atom stereocenters. The summed E-state index contributed by atoms with van der Waals surface area (Å²) in [5, 5.41) is 53.0. The Balaban J connectivity index is 0.000000218. The van der Waals surface area contributed by atoms with E-state index in [4.69, 9.17) is 90.2 Å². The normalized spacial score (nSPS) is 26.4. The van der Waals surface area contributed by atoms with Crippen LogP contribution in [0.3, 0.4) is 0 Å². The number of carbonyl (C=O) groups is 4. The van der Waals surface area contributed by atoms with Gasteiger partial charge in [0.25, 0.3) is 22.2 Å². The van der Waals surface area contributed by atoms with Gasteiger partial charge in [-0.1, -0.05) is 197 Å². The average Bonchev–Trinajstić information content (AvgIpc) is 1.62. The van der Waals surface area contributed by atoms with Crippen molar-refractivity contribution in [3.05, 3.63) is 306 Å². The van der Waals surface area contributed by atoms with Crippen molar-refractivity contribution >= 4 is 42.0 Å². The van der Waals surface area contributed by atoms with Crippen LogP contribution in [-0.2, 0) is 112 Å². The van der Waals surface area contributed by atoms with Gasteiger partial charge in [-0.3, -0.25) is 76.6 Å². The molecule has 0 spiro atoms. The molecular formula is C104H121ClN9O32P. The fourth-order valence-electron chi connectivity index (χ4n) is 16.2. The lowest BCUT2D eigenvalue weighted by atomic mass is 9.92. The van der Waals surface area contributed by atoms with E-state index in [0.29, 0.717) is 31.4 Å². The van der Waals surface area contributed by atoms with E-state index in [1.165, 1.54) is 69.1 Å². The summed E-state index contributed by atoms with van der Waals surface area (Å²) < 4.78 is 96.1. The maximum absolute atomic E-state index is 12.4. The third kappa shape index (κ3) is 30.3. The topological polar surface area (TPSA) is 547 Å². The smallest absolute Gasteiger partial charge is 0.409 e. The van der Waals surface area contributed by atoms with Crippen LogP contribution < -0.4 is 54.6 Å². The molecule has 22 atom stereocenters. The molecule has 4 aromatic heterocycles. The molecule has 0 bridgehead atoms. The minimum Gasteiger partial charge on any atom is -0.462 e. The third-order valence-corrected chi connectivity index (χ3v) is 24.9. The van der Waals surface area contributed by atoms with Gasteiger partial charge in [0.2, 0.25) is 6.29 Å². The zero-order valence-corrected chi connectivity index (χ0v) is 84.4. The van der Waals surface area contributed by atoms with E-state index in [2.05, 4.69) is 67.4 Å². The lowest BCUT2D eigenvalue weighted by molar-refractivity contribution is -0.199. The zero-order valence-electron chi connectivity index (χ0n) is 82.8. The van der Waals surface area contributed by atoms with Crippen LogP contribution in [0.15, 0.2) is 239 Å². The molecule has 0 saturated carbocycles. The lowest BCUT2D eigenvalue weighted by Gasteiger charge is -2.29. The maximum Gasteiger partial charge on any atom is 0.409 e. The summed E-state index contributed by atoms with van der Waals surface area (Å²) in [4.78, 5) is 148. The van der Waals surface area contributed by atoms with Gasteiger partial charge in [0, 0.05) is 82.5 Å². The van der Waals surface area contributed by atoms with Gasteiger partial charge in [0.1, 0.15) is 60.6 Å². The number of aromatic amines is 4. The van der Waals surface area contributed by atoms with Crippen molar-refractivity contribution < 1.29 is 117 Å². The van der Waals surface area contributed by atoms with Crippen LogP contribution in [-0.4, -0.2) is 202 Å². The highest BCUT2D eigenvalue weighted by Gasteiger charge is 2.61. The quantitative estimate of drug-likeness (QED) is 0.00931. The van der Waals surface area contributed by atoms with E-state index < -0.39 is 209 Å². The minimum atomic E-state index is -3.65. The number of ether oxygens (including phenoxy) is 13. The molecule has 5 aliphatic rings. The largest absolute Gasteiger partial charge is 0.462 e. The summed E-state index contributed by atoms with van der Waals surface area (Å²) in [6.45, 7) is 18.0. The van der Waals surface area contributed by atoms with E-state index in [1.807, 2.05) is 154 Å². The first-order valence-corrected chi connectivity index (χ1v) is 49.0. The number of hydrogen-bond acceptors (Lipinski definition) is 32. The molecule has 0 aliphatic carbocycles. The minimum absolute atomic E-state index is 0. The van der Waals surface area contributed by atoms with Gasteiger partial charge < -0.3 is 91.6 Å². The van der Waals surface area contributed by atoms with E-state index in [-0.39, 0.29) is 34.0 Å². The molecule has 5 aromatic carbocycles. The SMILES string of the molecule is C#C[C@]1(CC)O[C@@H](n2ccc(=O)[nH]c2=O)C(O)[C@H]1OCc1ccccc1.C#C[C@]1(CO)O[C@@H](n2ccc(=O)[nH]c2=O)C(O)[C@H]1O.CC#C[C@]1(CC)OC(OC(C)=O)C(OC(C)=O)[C@H]1OCc1ccccc1.CC#C[C@]1(CC)O[C@@H](n2ccc(=O)[nH]c2=O)C(O)[C@H]1OCc1ccccc1.CC#C[C@]1(CC)O[C@@H](n2ccc(=O)[nH]c2=O)C(OC(C)=O)[C@H]1OCc1ccccc1.CC(C)OC(=O)[C@H](C)NP(=O)(Cl)Oc1ccccc1.[HH]. The van der Waals surface area contributed by atoms with Crippen LogP contribution in [0.4, 0.5) is 0 Å². The number of rotatable bonds is 30. The number of carbonyl (C=O) groups excluding carboxylic acids is 4. The van der Waals surface area contributed by atoms with Gasteiger partial charge >= 0.3 is 53.5 Å². The first-order chi connectivity index (χ1) is 70.1. The highest BCUT2D eigenvalue weighted by Crippen LogP contribution is 2.50. The van der Waals surface area contributed by atoms with Crippen LogP contribution in [0.5, 0.6) is 5.75 Å². The standard InChI is InChI=1S/C22H24N2O6.C20H22N2O5.C20H24O6.C19H20N2O5.C12H17ClNO4P.C11H12N2O6.H2/c1-4-12-22(5-2)19(28-14-16-9-7-6-8-10-16)18(29-15(3)25)20(30-22)24-13-11-17(26)23-21(24)27;1-3-11-20(4-2)17(26-13-14-8-6-5-7-9-14)16(24)18(27-20)22-12-10-15(23)21-19(22)25;1-5-12-20(6-2)18(23-13-16-10-8-7-9-11-16)17(24-14(3)21)19(26-20)25-15(4)22;1-3-19(4-2)16(25-12-13-8-6-5-7-9-13)15(23)17(26-19)21-11-10-14(22)20-18(21)24;1-9(2)17-12(15)10(3)14-19(13,16)18-11-7-5-4-6-8-11;1-2-11(5-14)8(17)7(16)9(19-11)13-4-3-6(15)12-10(13)18;/h6-11,13,18-20H,5,14H2,1-3H3,(H,23,26,27);5-10,12,16-18,24H,4,13H2,1-2H3,(H,21,23,25);7-11,17-19H,6,13H2,1-4H3;1,5-11,15-17,23H,4,12H2,2H3,(H,20,22,24);4-10H,1-3H3,(H,14,16);1,3-4,7-9,14,16-17H,5H2,(H,12,15,18);1H/t18?,19-,20-,22+;16?,17-,18-,20+;17?,18-,19?,20+;15?,16-,17-,19-;10-,19?;7?,8-,9-,11-;/m111101./s1. The van der Waals surface area contributed by atoms with Gasteiger partial charge in [-0.15, -0.1) is 30.6 Å². The van der Waals surface area contributed by atoms with Crippen molar-refractivity contribution in [3.8, 4) is 66.0 Å². The summed E-state index contributed by atoms with van der Waals surface area (Å²) in [6.07, 6.45) is 1.57. The maximum atomic E-state index is 12.4. The van der Waals surface area contributed by atoms with Crippen LogP contribution in [0.1, 0.15) is 164 Å². The van der Waals surface area contributed by atoms with Crippen molar-refractivity contribution in [3.63, 3.8) is 0 Å². The van der Waals surface area contributed by atoms with Crippen molar-refractivity contribution in [2.75, 3.05) is 6.61 Å². The molecule has 10 N–H and O–H groups in total. The molecular weight excluding hydrogens is 1950 g/mol. The summed E-state index contributed by atoms with van der Waals surface area (Å²) in [7, 11) is 0. The summed E-state index contributed by atoms with van der Waals surface area (Å²) in [6, 6.07) is 50.5. The molecule has 9 aromatic rings. The molecule has 9 heterocycles. The van der Waals surface area contributed by atoms with Crippen molar-refractivity contribution in [1.29, 1.82) is 0 Å². The Morgan fingerprint density at radius 1 is 0.435 bits per heavy atom. The zero-order chi connectivity index (χ0) is 108. The molecule has 43 heteroatoms. The van der Waals surface area contributed by atoms with Crippen LogP contribution in [0.25, 0.3) is 0 Å². The second-order valence-corrected chi connectivity index (χ2v) is 36.5. The molecule has 5 aliphatic heterocycles. The number of H-pyrrole nitrogens is 4. The number of nitrogens with one attached hydrogen (secondary N) is 5. The predicted molar refractivity (Wildman–Crippen MR) is 534 cm³/mol. The first kappa shape index (κ1) is 117. The van der Waals surface area contributed by atoms with E-state index in [0.717, 1.165) is 48.2 Å². The number of para-hydroxylation sites is 1. The second-order valence-electron chi connectivity index (χ2n) is 33.8. The van der Waals surface area contributed by atoms with Crippen molar-refractivity contribution in [1.82, 2.24) is 43.3 Å². The lowest BCUT2D eigenvalue weighted by Crippen LogP contribution is -2.45. The first-order valence-electron chi connectivity index (χ1n) is 46.5. The Morgan fingerprint density at radius 2 is 0.735 bits per heavy atom. The van der Waals surface area contributed by atoms with Gasteiger partial charge in [0.15, 0.2) is 65.1 Å². The number of aromatic nitrogens is 8. The third-order valence-electron chi connectivity index (χ3n) is 23.3. The van der Waals surface area contributed by atoms with Crippen molar-refractivity contribution in [2.24, 2.45) is 0 Å². The number of esters is 4. The highest BCUT2D eigenvalue weighted by atomic mass is 35.7. The van der Waals surface area contributed by atoms with Gasteiger partial charge in [-0.2, -0.15) is 0 Å². The monoisotopic (exact) mass is 2070 g/mol. The molecule has 41 nitrogen and oxygen atoms in total. The predicted octanol–water partition coefficient (Wildman–Crippen LogP) is 7.07. The molecule has 0 amide bonds. The van der Waals surface area contributed by atoms with Crippen LogP contribution >= 0.6 is 18.1 Å². The van der Waals surface area contributed by atoms with E-state index in [1.54, 1.807) is 65.0 Å². The number of benzene rings is 5. The number of aliphatic hydroxyl groups excluding tert-OH is 5. The summed E-state index contributed by atoms with van der Waals surface area (Å²) in [5.74, 6) is 20.5. The number of halogens is 1. The van der Waals surface area contributed by atoms with Crippen molar-refractivity contribution in [2.45, 2.75) is 275 Å². The van der Waals surface area contributed by atoms with Gasteiger partial charge in [-0.25, -0.2) is 28.8 Å². The van der Waals surface area contributed by atoms with Gasteiger partial charge in [-0.05, 0) is 102 Å².